The first kappa shape index (κ1) is 11.0. The molecule has 0 fully saturated rings. The van der Waals surface area contributed by atoms with Gasteiger partial charge < -0.3 is 10.2 Å². The first-order valence-electron chi connectivity index (χ1n) is 3.60. The lowest BCUT2D eigenvalue weighted by atomic mass is 9.98. The minimum Gasteiger partial charge on any atom is -0.502 e. The van der Waals surface area contributed by atoms with Crippen LogP contribution in [0.5, 0.6) is 0 Å². The maximum atomic E-state index is 10.6. The van der Waals surface area contributed by atoms with E-state index in [1.165, 1.54) is 0 Å². The molecule has 0 aromatic heterocycles. The van der Waals surface area contributed by atoms with Crippen LogP contribution in [0, 0.1) is 16.0 Å². The molecular formula is C7H6INO5. The predicted molar refractivity (Wildman–Crippen MR) is 54.5 cm³/mol. The van der Waals surface area contributed by atoms with Crippen LogP contribution in [0.4, 0.5) is 0 Å². The maximum Gasteiger partial charge on any atom is 0.310 e. The molecule has 0 heterocycles. The van der Waals surface area contributed by atoms with Crippen LogP contribution in [0.2, 0.25) is 0 Å². The van der Waals surface area contributed by atoms with Gasteiger partial charge in [0.15, 0.2) is 0 Å². The molecule has 0 saturated carbocycles. The molecule has 2 N–H and O–H groups in total. The zero-order valence-corrected chi connectivity index (χ0v) is 8.96. The van der Waals surface area contributed by atoms with Crippen molar-refractivity contribution in [3.63, 3.8) is 0 Å². The molecule has 7 heteroatoms. The van der Waals surface area contributed by atoms with E-state index in [1.807, 2.05) is 0 Å². The molecule has 0 saturated heterocycles. The molecular weight excluding hydrogens is 305 g/mol. The highest BCUT2D eigenvalue weighted by Gasteiger charge is 2.31. The molecule has 1 rings (SSSR count). The number of aliphatic hydroxyl groups is 1. The molecule has 0 aliphatic heterocycles. The summed E-state index contributed by atoms with van der Waals surface area (Å²) >= 11 is 1.70. The van der Waals surface area contributed by atoms with Crippen LogP contribution in [0.1, 0.15) is 6.42 Å². The van der Waals surface area contributed by atoms with Crippen molar-refractivity contribution in [1.29, 1.82) is 0 Å². The van der Waals surface area contributed by atoms with Gasteiger partial charge in [-0.2, -0.15) is 0 Å². The van der Waals surface area contributed by atoms with Crippen molar-refractivity contribution >= 4 is 28.6 Å². The van der Waals surface area contributed by atoms with E-state index in [0.717, 1.165) is 6.08 Å². The van der Waals surface area contributed by atoms with Gasteiger partial charge >= 0.3 is 11.7 Å². The Labute approximate surface area is 92.2 Å². The Morgan fingerprint density at radius 2 is 2.29 bits per heavy atom. The number of carboxylic acids is 1. The Kier molecular flexibility index (Phi) is 3.09. The number of nitrogens with zero attached hydrogens (tertiary/aromatic N) is 1. The monoisotopic (exact) mass is 311 g/mol. The summed E-state index contributed by atoms with van der Waals surface area (Å²) < 4.78 is 0.296. The summed E-state index contributed by atoms with van der Waals surface area (Å²) in [5.41, 5.74) is -0.534. The fraction of sp³-hybridized carbons (Fsp3) is 0.286. The van der Waals surface area contributed by atoms with E-state index >= 15 is 0 Å². The van der Waals surface area contributed by atoms with Gasteiger partial charge in [0.05, 0.1) is 10.8 Å². The minimum absolute atomic E-state index is 0.0963. The van der Waals surface area contributed by atoms with Crippen LogP contribution in [0.25, 0.3) is 0 Å². The van der Waals surface area contributed by atoms with E-state index in [2.05, 4.69) is 0 Å². The molecule has 0 spiro atoms. The van der Waals surface area contributed by atoms with Gasteiger partial charge in [-0.25, -0.2) is 0 Å². The number of hydrogen-bond donors (Lipinski definition) is 2. The highest BCUT2D eigenvalue weighted by molar-refractivity contribution is 14.1. The molecule has 1 aliphatic rings. The SMILES string of the molecule is O=C(O)C1C=C([N+](=O)[O-])C(O)=C(I)C1. The van der Waals surface area contributed by atoms with Crippen LogP contribution < -0.4 is 0 Å². The third kappa shape index (κ3) is 2.03. The van der Waals surface area contributed by atoms with Crippen molar-refractivity contribution in [2.24, 2.45) is 5.92 Å². The summed E-state index contributed by atoms with van der Waals surface area (Å²) in [6.07, 6.45) is 1.05. The number of halogens is 1. The van der Waals surface area contributed by atoms with Gasteiger partial charge in [0, 0.05) is 9.66 Å². The molecule has 0 radical (unpaired) electrons. The third-order valence-corrected chi connectivity index (χ3v) is 2.72. The van der Waals surface area contributed by atoms with Gasteiger partial charge in [-0.3, -0.25) is 14.9 Å². The molecule has 0 aromatic carbocycles. The number of hydrogen-bond acceptors (Lipinski definition) is 4. The van der Waals surface area contributed by atoms with Crippen LogP contribution in [-0.4, -0.2) is 21.1 Å². The fourth-order valence-electron chi connectivity index (χ4n) is 1.06. The van der Waals surface area contributed by atoms with Crippen molar-refractivity contribution in [2.75, 3.05) is 0 Å². The lowest BCUT2D eigenvalue weighted by Gasteiger charge is -2.13. The predicted octanol–water partition coefficient (Wildman–Crippen LogP) is 1.46. The Morgan fingerprint density at radius 1 is 1.71 bits per heavy atom. The van der Waals surface area contributed by atoms with Gasteiger partial charge in [-0.15, -0.1) is 0 Å². The van der Waals surface area contributed by atoms with Crippen molar-refractivity contribution in [3.05, 3.63) is 31.2 Å². The average Bonchev–Trinajstić information content (AvgIpc) is 2.08. The molecule has 14 heavy (non-hydrogen) atoms. The Bertz CT molecular complexity index is 359. The molecule has 0 bridgehead atoms. The largest absolute Gasteiger partial charge is 0.502 e. The smallest absolute Gasteiger partial charge is 0.310 e. The Hall–Kier alpha value is -1.12. The molecule has 1 aliphatic carbocycles. The number of allylic oxidation sites excluding steroid dienone is 1. The normalized spacial score (nSPS) is 21.8. The second kappa shape index (κ2) is 3.95. The van der Waals surface area contributed by atoms with Gasteiger partial charge in [0.25, 0.3) is 0 Å². The lowest BCUT2D eigenvalue weighted by molar-refractivity contribution is -0.424. The summed E-state index contributed by atoms with van der Waals surface area (Å²) in [5.74, 6) is -2.50. The summed E-state index contributed by atoms with van der Waals surface area (Å²) in [5, 5.41) is 28.4. The second-order valence-electron chi connectivity index (χ2n) is 2.71. The minimum atomic E-state index is -1.13. The van der Waals surface area contributed by atoms with E-state index in [9.17, 15) is 20.0 Å². The number of carbonyl (C=O) groups is 1. The first-order chi connectivity index (χ1) is 6.43. The van der Waals surface area contributed by atoms with Crippen LogP contribution in [-0.2, 0) is 4.79 Å². The summed E-state index contributed by atoms with van der Waals surface area (Å²) in [7, 11) is 0. The first-order valence-corrected chi connectivity index (χ1v) is 4.68. The summed E-state index contributed by atoms with van der Waals surface area (Å²) in [6.45, 7) is 0. The molecule has 6 nitrogen and oxygen atoms in total. The third-order valence-electron chi connectivity index (χ3n) is 1.77. The number of aliphatic carboxylic acids is 1. The average molecular weight is 311 g/mol. The number of nitro groups is 1. The van der Waals surface area contributed by atoms with Crippen LogP contribution >= 0.6 is 22.6 Å². The van der Waals surface area contributed by atoms with E-state index < -0.39 is 28.3 Å². The van der Waals surface area contributed by atoms with Gasteiger partial charge in [-0.1, -0.05) is 0 Å². The lowest BCUT2D eigenvalue weighted by Crippen LogP contribution is -2.18. The standard InChI is InChI=1S/C7H6INO5/c8-4-1-3(7(11)12)2-5(6(4)10)9(13)14/h2-3,10H,1H2,(H,11,12). The van der Waals surface area contributed by atoms with Gasteiger partial charge in [0.1, 0.15) is 0 Å². The summed E-state index contributed by atoms with van der Waals surface area (Å²) in [4.78, 5) is 20.2. The van der Waals surface area contributed by atoms with Crippen molar-refractivity contribution in [2.45, 2.75) is 6.42 Å². The molecule has 1 unspecified atom stereocenters. The van der Waals surface area contributed by atoms with E-state index in [0.29, 0.717) is 3.58 Å². The molecule has 76 valence electrons. The van der Waals surface area contributed by atoms with Crippen LogP contribution in [0.15, 0.2) is 21.1 Å². The van der Waals surface area contributed by atoms with E-state index in [1.54, 1.807) is 22.6 Å². The van der Waals surface area contributed by atoms with E-state index in [4.69, 9.17) is 5.11 Å². The summed E-state index contributed by atoms with van der Waals surface area (Å²) in [6, 6.07) is 0. The van der Waals surface area contributed by atoms with Crippen LogP contribution in [0.3, 0.4) is 0 Å². The van der Waals surface area contributed by atoms with Crippen molar-refractivity contribution in [3.8, 4) is 0 Å². The molecule has 0 aromatic rings. The Balaban J connectivity index is 3.09. The quantitative estimate of drug-likeness (QED) is 0.457. The topological polar surface area (TPSA) is 101 Å². The van der Waals surface area contributed by atoms with Crippen molar-refractivity contribution < 1.29 is 19.9 Å². The zero-order chi connectivity index (χ0) is 10.9. The number of carboxylic acid groups (broad SMARTS) is 1. The maximum absolute atomic E-state index is 10.6. The number of aliphatic hydroxyl groups excluding tert-OH is 1. The fourth-order valence-corrected chi connectivity index (χ4v) is 1.81. The second-order valence-corrected chi connectivity index (χ2v) is 4.01. The van der Waals surface area contributed by atoms with Crippen molar-refractivity contribution in [1.82, 2.24) is 0 Å². The molecule has 0 amide bonds. The van der Waals surface area contributed by atoms with Gasteiger partial charge in [-0.05, 0) is 29.0 Å². The zero-order valence-electron chi connectivity index (χ0n) is 6.81. The highest BCUT2D eigenvalue weighted by atomic mass is 127. The van der Waals surface area contributed by atoms with Gasteiger partial charge in [0.2, 0.25) is 5.76 Å². The number of rotatable bonds is 2. The molecule has 1 atom stereocenters. The Morgan fingerprint density at radius 3 is 2.71 bits per heavy atom. The van der Waals surface area contributed by atoms with E-state index in [-0.39, 0.29) is 6.42 Å². The highest BCUT2D eigenvalue weighted by Crippen LogP contribution is 2.31.